The van der Waals surface area contributed by atoms with E-state index in [1.165, 1.54) is 27.5 Å². The van der Waals surface area contributed by atoms with Crippen LogP contribution in [0.1, 0.15) is 28.4 Å². The van der Waals surface area contributed by atoms with Gasteiger partial charge in [0.05, 0.1) is 12.3 Å². The maximum atomic E-state index is 11.4. The Kier molecular flexibility index (Phi) is 6.13. The molecule has 0 aliphatic carbocycles. The maximum Gasteiger partial charge on any atom is 0.339 e. The molecule has 0 aliphatic rings. The van der Waals surface area contributed by atoms with E-state index in [0.29, 0.717) is 18.1 Å². The van der Waals surface area contributed by atoms with Gasteiger partial charge in [-0.2, -0.15) is 0 Å². The van der Waals surface area contributed by atoms with Gasteiger partial charge < -0.3 is 15.2 Å². The molecule has 0 aliphatic heterocycles. The molecule has 0 bridgehead atoms. The predicted octanol–water partition coefficient (Wildman–Crippen LogP) is 5.42. The Morgan fingerprint density at radius 2 is 2.03 bits per heavy atom. The Hall–Kier alpha value is -3.45. The number of carboxylic acids is 1. The molecule has 2 N–H and O–H groups in total. The van der Waals surface area contributed by atoms with Crippen molar-refractivity contribution in [2.45, 2.75) is 20.3 Å². The molecule has 0 unspecified atom stereocenters. The Morgan fingerprint density at radius 3 is 2.84 bits per heavy atom. The van der Waals surface area contributed by atoms with Gasteiger partial charge >= 0.3 is 5.97 Å². The molecule has 7 heteroatoms. The second-order valence-electron chi connectivity index (χ2n) is 7.16. The summed E-state index contributed by atoms with van der Waals surface area (Å²) in [6.45, 7) is 5.09. The van der Waals surface area contributed by atoms with Crippen LogP contribution in [0.15, 0.2) is 54.2 Å². The average molecular weight is 434 g/mol. The number of aromatic nitrogens is 2. The van der Waals surface area contributed by atoms with E-state index in [0.717, 1.165) is 24.3 Å². The van der Waals surface area contributed by atoms with E-state index in [4.69, 9.17) is 4.74 Å². The summed E-state index contributed by atoms with van der Waals surface area (Å²) >= 11 is 1.78. The molecule has 2 aromatic heterocycles. The molecule has 2 aromatic carbocycles. The van der Waals surface area contributed by atoms with Gasteiger partial charge in [-0.05, 0) is 66.4 Å². The summed E-state index contributed by atoms with van der Waals surface area (Å²) in [5, 5.41) is 16.2. The number of aromatic carboxylic acids is 1. The third kappa shape index (κ3) is 4.67. The number of nitrogens with one attached hydrogen (secondary N) is 1. The molecule has 2 heterocycles. The number of hydrogen-bond donors (Lipinski definition) is 2. The molecule has 31 heavy (non-hydrogen) atoms. The van der Waals surface area contributed by atoms with Gasteiger partial charge in [-0.3, -0.25) is 0 Å². The first-order chi connectivity index (χ1) is 15.0. The van der Waals surface area contributed by atoms with Gasteiger partial charge in [0.25, 0.3) is 0 Å². The summed E-state index contributed by atoms with van der Waals surface area (Å²) in [6, 6.07) is 13.5. The highest BCUT2D eigenvalue weighted by molar-refractivity contribution is 7.17. The Bertz CT molecular complexity index is 1240. The Labute approximate surface area is 184 Å². The number of benzene rings is 2. The van der Waals surface area contributed by atoms with E-state index < -0.39 is 5.97 Å². The lowest BCUT2D eigenvalue weighted by atomic mass is 10.1. The lowest BCUT2D eigenvalue weighted by Gasteiger charge is -2.11. The van der Waals surface area contributed by atoms with Crippen LogP contribution in [0.4, 0.5) is 5.82 Å². The number of ether oxygens (including phenoxy) is 1. The zero-order valence-corrected chi connectivity index (χ0v) is 18.2. The van der Waals surface area contributed by atoms with Crippen LogP contribution in [-0.2, 0) is 6.42 Å². The van der Waals surface area contributed by atoms with Crippen LogP contribution in [0, 0.1) is 6.92 Å². The maximum absolute atomic E-state index is 11.4. The number of anilines is 1. The summed E-state index contributed by atoms with van der Waals surface area (Å²) < 4.78 is 6.81. The van der Waals surface area contributed by atoms with Crippen molar-refractivity contribution in [3.63, 3.8) is 0 Å². The standard InChI is InChI=1S/C24H23N3O3S/c1-3-30-21-11-17(5-6-18(21)24(28)29)20-12-23(27-14-26-20)25-9-8-16-4-7-22-19(10-16)15(2)13-31-22/h4-7,10-14H,3,8-9H2,1-2H3,(H,28,29)(H,25,26,27). The smallest absolute Gasteiger partial charge is 0.339 e. The lowest BCUT2D eigenvalue weighted by molar-refractivity contribution is 0.0692. The third-order valence-electron chi connectivity index (χ3n) is 5.03. The Balaban J connectivity index is 1.47. The molecule has 4 aromatic rings. The van der Waals surface area contributed by atoms with Gasteiger partial charge in [0.15, 0.2) is 0 Å². The summed E-state index contributed by atoms with van der Waals surface area (Å²) in [4.78, 5) is 20.0. The first kappa shape index (κ1) is 20.8. The van der Waals surface area contributed by atoms with Crippen LogP contribution in [0.3, 0.4) is 0 Å². The number of thiophene rings is 1. The van der Waals surface area contributed by atoms with Crippen molar-refractivity contribution in [1.29, 1.82) is 0 Å². The number of rotatable bonds is 8. The molecule has 0 fully saturated rings. The summed E-state index contributed by atoms with van der Waals surface area (Å²) in [6.07, 6.45) is 2.39. The van der Waals surface area contributed by atoms with E-state index >= 15 is 0 Å². The van der Waals surface area contributed by atoms with E-state index in [2.05, 4.69) is 45.8 Å². The normalized spacial score (nSPS) is 10.9. The lowest BCUT2D eigenvalue weighted by Crippen LogP contribution is -2.07. The van der Waals surface area contributed by atoms with E-state index in [9.17, 15) is 9.90 Å². The number of hydrogen-bond acceptors (Lipinski definition) is 6. The van der Waals surface area contributed by atoms with Crippen molar-refractivity contribution in [3.8, 4) is 17.0 Å². The van der Waals surface area contributed by atoms with E-state index in [1.54, 1.807) is 29.5 Å². The highest BCUT2D eigenvalue weighted by atomic mass is 32.1. The number of carboxylic acid groups (broad SMARTS) is 1. The fourth-order valence-corrected chi connectivity index (χ4v) is 4.36. The van der Waals surface area contributed by atoms with Crippen molar-refractivity contribution < 1.29 is 14.6 Å². The van der Waals surface area contributed by atoms with E-state index in [1.807, 2.05) is 13.0 Å². The molecular formula is C24H23N3O3S. The SMILES string of the molecule is CCOc1cc(-c2cc(NCCc3ccc4scc(C)c4c3)ncn2)ccc1C(=O)O. The largest absolute Gasteiger partial charge is 0.493 e. The number of carbonyl (C=O) groups is 1. The number of nitrogens with zero attached hydrogens (tertiary/aromatic N) is 2. The Morgan fingerprint density at radius 1 is 1.16 bits per heavy atom. The quantitative estimate of drug-likeness (QED) is 0.386. The minimum atomic E-state index is -1.02. The summed E-state index contributed by atoms with van der Waals surface area (Å²) in [5.41, 5.74) is 4.20. The molecule has 0 radical (unpaired) electrons. The number of fused-ring (bicyclic) bond motifs is 1. The highest BCUT2D eigenvalue weighted by Crippen LogP contribution is 2.28. The minimum Gasteiger partial charge on any atom is -0.493 e. The van der Waals surface area contributed by atoms with Crippen molar-refractivity contribution in [3.05, 3.63) is 70.9 Å². The van der Waals surface area contributed by atoms with Crippen LogP contribution in [0.2, 0.25) is 0 Å². The topological polar surface area (TPSA) is 84.3 Å². The minimum absolute atomic E-state index is 0.135. The highest BCUT2D eigenvalue weighted by Gasteiger charge is 2.13. The molecule has 0 spiro atoms. The molecule has 0 amide bonds. The predicted molar refractivity (Wildman–Crippen MR) is 124 cm³/mol. The van der Waals surface area contributed by atoms with Crippen molar-refractivity contribution in [2.24, 2.45) is 0 Å². The van der Waals surface area contributed by atoms with Crippen LogP contribution in [0.5, 0.6) is 5.75 Å². The van der Waals surface area contributed by atoms with Crippen molar-refractivity contribution in [2.75, 3.05) is 18.5 Å². The van der Waals surface area contributed by atoms with Crippen molar-refractivity contribution >= 4 is 33.2 Å². The molecule has 0 atom stereocenters. The summed E-state index contributed by atoms with van der Waals surface area (Å²) in [5.74, 6) is 0.0358. The molecular weight excluding hydrogens is 410 g/mol. The second-order valence-corrected chi connectivity index (χ2v) is 8.07. The van der Waals surface area contributed by atoms with Crippen LogP contribution < -0.4 is 10.1 Å². The van der Waals surface area contributed by atoms with E-state index in [-0.39, 0.29) is 5.56 Å². The molecule has 0 saturated heterocycles. The molecule has 6 nitrogen and oxygen atoms in total. The molecule has 158 valence electrons. The monoisotopic (exact) mass is 433 g/mol. The molecule has 0 saturated carbocycles. The van der Waals surface area contributed by atoms with Crippen LogP contribution in [-0.4, -0.2) is 34.2 Å². The average Bonchev–Trinajstić information content (AvgIpc) is 3.14. The van der Waals surface area contributed by atoms with Gasteiger partial charge in [-0.25, -0.2) is 14.8 Å². The molecule has 4 rings (SSSR count). The van der Waals surface area contributed by atoms with Gasteiger partial charge in [0.1, 0.15) is 23.5 Å². The third-order valence-corrected chi connectivity index (χ3v) is 6.11. The first-order valence-corrected chi connectivity index (χ1v) is 11.0. The zero-order valence-electron chi connectivity index (χ0n) is 17.4. The van der Waals surface area contributed by atoms with Gasteiger partial charge in [0, 0.05) is 22.9 Å². The van der Waals surface area contributed by atoms with Gasteiger partial charge in [-0.1, -0.05) is 12.1 Å². The fourth-order valence-electron chi connectivity index (χ4n) is 3.44. The zero-order chi connectivity index (χ0) is 21.8. The van der Waals surface area contributed by atoms with Crippen LogP contribution >= 0.6 is 11.3 Å². The van der Waals surface area contributed by atoms with Crippen LogP contribution in [0.25, 0.3) is 21.3 Å². The van der Waals surface area contributed by atoms with Crippen molar-refractivity contribution in [1.82, 2.24) is 9.97 Å². The van der Waals surface area contributed by atoms with Gasteiger partial charge in [-0.15, -0.1) is 11.3 Å². The fraction of sp³-hybridized carbons (Fsp3) is 0.208. The van der Waals surface area contributed by atoms with Gasteiger partial charge in [0.2, 0.25) is 0 Å². The number of aryl methyl sites for hydroxylation is 1. The second kappa shape index (κ2) is 9.14. The summed E-state index contributed by atoms with van der Waals surface area (Å²) in [7, 11) is 0. The first-order valence-electron chi connectivity index (χ1n) is 10.1.